The smallest absolute Gasteiger partial charge is 0.311 e. The highest BCUT2D eigenvalue weighted by Crippen LogP contribution is 2.18. The van der Waals surface area contributed by atoms with Crippen LogP contribution in [-0.2, 0) is 16.0 Å². The Bertz CT molecular complexity index is 429. The van der Waals surface area contributed by atoms with Crippen molar-refractivity contribution in [1.82, 2.24) is 0 Å². The summed E-state index contributed by atoms with van der Waals surface area (Å²) >= 11 is 0. The van der Waals surface area contributed by atoms with Crippen molar-refractivity contribution in [3.05, 3.63) is 35.4 Å². The molecule has 0 spiro atoms. The Hall–Kier alpha value is -1.35. The fraction of sp³-hybridized carbons (Fsp3) is 0.588. The molecule has 0 saturated carbocycles. The second-order valence-corrected chi connectivity index (χ2v) is 6.57. The minimum atomic E-state index is -0.466. The highest BCUT2D eigenvalue weighted by atomic mass is 16.6. The molecule has 0 saturated heterocycles. The zero-order valence-electron chi connectivity index (χ0n) is 13.3. The maximum atomic E-state index is 12.1. The molecule has 112 valence electrons. The first-order valence-electron chi connectivity index (χ1n) is 7.24. The Morgan fingerprint density at radius 1 is 1.20 bits per heavy atom. The molecular weight excluding hydrogens is 250 g/mol. The van der Waals surface area contributed by atoms with Crippen LogP contribution < -0.4 is 5.73 Å². The highest BCUT2D eigenvalue weighted by Gasteiger charge is 2.24. The Kier molecular flexibility index (Phi) is 5.75. The van der Waals surface area contributed by atoms with Crippen molar-refractivity contribution in [2.24, 2.45) is 11.7 Å². The molecule has 3 heteroatoms. The summed E-state index contributed by atoms with van der Waals surface area (Å²) in [7, 11) is 0. The molecule has 1 rings (SSSR count). The highest BCUT2D eigenvalue weighted by molar-refractivity contribution is 5.73. The molecule has 0 aliphatic rings. The molecule has 0 bridgehead atoms. The van der Waals surface area contributed by atoms with Crippen LogP contribution in [0, 0.1) is 5.92 Å². The normalized spacial score (nSPS) is 13.3. The van der Waals surface area contributed by atoms with Gasteiger partial charge in [-0.25, -0.2) is 0 Å². The Morgan fingerprint density at radius 3 is 2.15 bits per heavy atom. The van der Waals surface area contributed by atoms with Gasteiger partial charge >= 0.3 is 5.97 Å². The Balaban J connectivity index is 2.71. The lowest BCUT2D eigenvalue weighted by Crippen LogP contribution is -2.33. The summed E-state index contributed by atoms with van der Waals surface area (Å²) in [6.45, 7) is 10.2. The van der Waals surface area contributed by atoms with Gasteiger partial charge in [0.1, 0.15) is 5.60 Å². The molecule has 0 aliphatic heterocycles. The van der Waals surface area contributed by atoms with Gasteiger partial charge in [0.2, 0.25) is 0 Å². The third kappa shape index (κ3) is 5.33. The van der Waals surface area contributed by atoms with E-state index in [1.807, 2.05) is 20.8 Å². The van der Waals surface area contributed by atoms with Crippen LogP contribution in [0.25, 0.3) is 0 Å². The van der Waals surface area contributed by atoms with Gasteiger partial charge in [0, 0.05) is 6.54 Å². The molecule has 0 radical (unpaired) electrons. The number of benzene rings is 1. The van der Waals surface area contributed by atoms with E-state index in [2.05, 4.69) is 38.1 Å². The van der Waals surface area contributed by atoms with Crippen LogP contribution in [0.5, 0.6) is 0 Å². The van der Waals surface area contributed by atoms with Crippen LogP contribution in [0.4, 0.5) is 0 Å². The second-order valence-electron chi connectivity index (χ2n) is 6.57. The fourth-order valence-corrected chi connectivity index (χ4v) is 1.97. The standard InChI is InChI=1S/C17H27NO2/c1-12(2)14-8-6-13(7-9-14)10-15(11-18)16(19)20-17(3,4)5/h6-9,12,15H,10-11,18H2,1-5H3. The van der Waals surface area contributed by atoms with Gasteiger partial charge in [-0.05, 0) is 44.2 Å². The van der Waals surface area contributed by atoms with Gasteiger partial charge in [-0.3, -0.25) is 4.79 Å². The van der Waals surface area contributed by atoms with E-state index in [-0.39, 0.29) is 11.9 Å². The SMILES string of the molecule is CC(C)c1ccc(CC(CN)C(=O)OC(C)(C)C)cc1. The van der Waals surface area contributed by atoms with Gasteiger partial charge in [0.15, 0.2) is 0 Å². The maximum absolute atomic E-state index is 12.1. The number of rotatable bonds is 5. The topological polar surface area (TPSA) is 52.3 Å². The molecule has 1 atom stereocenters. The molecule has 0 aliphatic carbocycles. The maximum Gasteiger partial charge on any atom is 0.311 e. The summed E-state index contributed by atoms with van der Waals surface area (Å²) in [5, 5.41) is 0. The van der Waals surface area contributed by atoms with Crippen molar-refractivity contribution in [2.75, 3.05) is 6.54 Å². The van der Waals surface area contributed by atoms with Crippen LogP contribution in [0.1, 0.15) is 51.7 Å². The van der Waals surface area contributed by atoms with E-state index in [0.29, 0.717) is 18.9 Å². The van der Waals surface area contributed by atoms with Gasteiger partial charge in [-0.1, -0.05) is 38.1 Å². The molecule has 3 nitrogen and oxygen atoms in total. The largest absolute Gasteiger partial charge is 0.460 e. The monoisotopic (exact) mass is 277 g/mol. The lowest BCUT2D eigenvalue weighted by atomic mass is 9.96. The van der Waals surface area contributed by atoms with Crippen LogP contribution in [0.3, 0.4) is 0 Å². The summed E-state index contributed by atoms with van der Waals surface area (Å²) in [6, 6.07) is 8.37. The summed E-state index contributed by atoms with van der Waals surface area (Å²) < 4.78 is 5.41. The number of carbonyl (C=O) groups is 1. The molecule has 0 fully saturated rings. The van der Waals surface area contributed by atoms with E-state index in [9.17, 15) is 4.79 Å². The predicted molar refractivity (Wildman–Crippen MR) is 82.6 cm³/mol. The van der Waals surface area contributed by atoms with E-state index in [4.69, 9.17) is 10.5 Å². The molecule has 1 aromatic carbocycles. The average Bonchev–Trinajstić information content (AvgIpc) is 2.34. The van der Waals surface area contributed by atoms with Crippen molar-refractivity contribution in [3.8, 4) is 0 Å². The lowest BCUT2D eigenvalue weighted by Gasteiger charge is -2.23. The fourth-order valence-electron chi connectivity index (χ4n) is 1.97. The average molecular weight is 277 g/mol. The Morgan fingerprint density at radius 2 is 1.75 bits per heavy atom. The second kappa shape index (κ2) is 6.89. The third-order valence-electron chi connectivity index (χ3n) is 3.15. The summed E-state index contributed by atoms with van der Waals surface area (Å²) in [4.78, 5) is 12.1. The molecule has 0 aromatic heterocycles. The van der Waals surface area contributed by atoms with Crippen LogP contribution in [0.15, 0.2) is 24.3 Å². The molecule has 1 aromatic rings. The zero-order chi connectivity index (χ0) is 15.3. The summed E-state index contributed by atoms with van der Waals surface area (Å²) in [6.07, 6.45) is 0.629. The minimum absolute atomic E-state index is 0.215. The summed E-state index contributed by atoms with van der Waals surface area (Å²) in [5.74, 6) is 0.0206. The van der Waals surface area contributed by atoms with E-state index < -0.39 is 5.60 Å². The first-order valence-corrected chi connectivity index (χ1v) is 7.24. The predicted octanol–water partition coefficient (Wildman–Crippen LogP) is 3.27. The van der Waals surface area contributed by atoms with Crippen molar-refractivity contribution < 1.29 is 9.53 Å². The third-order valence-corrected chi connectivity index (χ3v) is 3.15. The van der Waals surface area contributed by atoms with Crippen LogP contribution in [0.2, 0.25) is 0 Å². The zero-order valence-corrected chi connectivity index (χ0v) is 13.3. The first kappa shape index (κ1) is 16.7. The van der Waals surface area contributed by atoms with E-state index >= 15 is 0 Å². The number of nitrogens with two attached hydrogens (primary N) is 1. The number of hydrogen-bond donors (Lipinski definition) is 1. The van der Waals surface area contributed by atoms with Gasteiger partial charge in [-0.2, -0.15) is 0 Å². The molecule has 0 heterocycles. The number of hydrogen-bond acceptors (Lipinski definition) is 3. The molecule has 2 N–H and O–H groups in total. The van der Waals surface area contributed by atoms with Gasteiger partial charge in [-0.15, -0.1) is 0 Å². The lowest BCUT2D eigenvalue weighted by molar-refractivity contribution is -0.159. The van der Waals surface area contributed by atoms with Crippen LogP contribution >= 0.6 is 0 Å². The van der Waals surface area contributed by atoms with E-state index in [1.165, 1.54) is 5.56 Å². The Labute approximate surface area is 122 Å². The van der Waals surface area contributed by atoms with Crippen LogP contribution in [-0.4, -0.2) is 18.1 Å². The van der Waals surface area contributed by atoms with Crippen molar-refractivity contribution in [1.29, 1.82) is 0 Å². The molecule has 1 unspecified atom stereocenters. The van der Waals surface area contributed by atoms with E-state index in [1.54, 1.807) is 0 Å². The number of carbonyl (C=O) groups excluding carboxylic acids is 1. The quantitative estimate of drug-likeness (QED) is 0.840. The molecule has 0 amide bonds. The van der Waals surface area contributed by atoms with Gasteiger partial charge in [0.25, 0.3) is 0 Å². The number of ether oxygens (including phenoxy) is 1. The molecular formula is C17H27NO2. The van der Waals surface area contributed by atoms with Gasteiger partial charge in [0.05, 0.1) is 5.92 Å². The van der Waals surface area contributed by atoms with Crippen molar-refractivity contribution >= 4 is 5.97 Å². The number of esters is 1. The van der Waals surface area contributed by atoms with Crippen molar-refractivity contribution in [3.63, 3.8) is 0 Å². The minimum Gasteiger partial charge on any atom is -0.460 e. The first-order chi connectivity index (χ1) is 9.23. The molecule has 20 heavy (non-hydrogen) atoms. The van der Waals surface area contributed by atoms with Gasteiger partial charge < -0.3 is 10.5 Å². The van der Waals surface area contributed by atoms with E-state index in [0.717, 1.165) is 5.56 Å². The van der Waals surface area contributed by atoms with Crippen molar-refractivity contribution in [2.45, 2.75) is 52.6 Å². The summed E-state index contributed by atoms with van der Waals surface area (Å²) in [5.41, 5.74) is 7.67.